The molecule has 0 aromatic carbocycles. The minimum absolute atomic E-state index is 0.00650. The molecule has 1 fully saturated rings. The highest BCUT2D eigenvalue weighted by Gasteiger charge is 2.30. The van der Waals surface area contributed by atoms with Crippen molar-refractivity contribution in [3.63, 3.8) is 0 Å². The van der Waals surface area contributed by atoms with Crippen LogP contribution in [0.2, 0.25) is 0 Å². The van der Waals surface area contributed by atoms with Crippen molar-refractivity contribution in [3.05, 3.63) is 0 Å². The van der Waals surface area contributed by atoms with Gasteiger partial charge in [0.1, 0.15) is 16.8 Å². The van der Waals surface area contributed by atoms with E-state index in [-0.39, 0.29) is 6.29 Å². The molecule has 1 unspecified atom stereocenters. The van der Waals surface area contributed by atoms with Gasteiger partial charge in [-0.05, 0) is 31.6 Å². The molecule has 1 atom stereocenters. The fourth-order valence-corrected chi connectivity index (χ4v) is 2.40. The molecular formula is C11H24O2Si. The summed E-state index contributed by atoms with van der Waals surface area (Å²) < 4.78 is 11.0. The lowest BCUT2D eigenvalue weighted by atomic mass is 9.73. The average Bonchev–Trinajstić information content (AvgIpc) is 2.27. The van der Waals surface area contributed by atoms with Crippen molar-refractivity contribution in [2.75, 3.05) is 6.61 Å². The fraction of sp³-hybridized carbons (Fsp3) is 1.00. The Morgan fingerprint density at radius 2 is 1.93 bits per heavy atom. The van der Waals surface area contributed by atoms with E-state index in [2.05, 4.69) is 6.92 Å². The molecule has 84 valence electrons. The first-order valence-corrected chi connectivity index (χ1v) is 6.68. The van der Waals surface area contributed by atoms with Gasteiger partial charge in [-0.25, -0.2) is 0 Å². The van der Waals surface area contributed by atoms with E-state index in [9.17, 15) is 0 Å². The molecule has 0 aromatic rings. The molecule has 1 saturated carbocycles. The monoisotopic (exact) mass is 216 g/mol. The molecule has 3 heteroatoms. The minimum Gasteiger partial charge on any atom is -0.404 e. The van der Waals surface area contributed by atoms with E-state index in [1.54, 1.807) is 0 Å². The zero-order valence-electron chi connectivity index (χ0n) is 9.84. The highest BCUT2D eigenvalue weighted by molar-refractivity contribution is 5.98. The van der Waals surface area contributed by atoms with Gasteiger partial charge in [0.25, 0.3) is 0 Å². The predicted molar refractivity (Wildman–Crippen MR) is 62.2 cm³/mol. The van der Waals surface area contributed by atoms with Crippen LogP contribution in [0.5, 0.6) is 0 Å². The van der Waals surface area contributed by atoms with Gasteiger partial charge >= 0.3 is 0 Å². The lowest BCUT2D eigenvalue weighted by molar-refractivity contribution is -0.103. The van der Waals surface area contributed by atoms with Crippen LogP contribution >= 0.6 is 0 Å². The van der Waals surface area contributed by atoms with Crippen molar-refractivity contribution < 1.29 is 9.16 Å². The molecule has 0 saturated heterocycles. The number of ether oxygens (including phenoxy) is 1. The minimum atomic E-state index is 0.00650. The van der Waals surface area contributed by atoms with Crippen molar-refractivity contribution in [2.24, 2.45) is 5.41 Å². The summed E-state index contributed by atoms with van der Waals surface area (Å²) in [5.74, 6) is 0. The van der Waals surface area contributed by atoms with E-state index < -0.39 is 0 Å². The van der Waals surface area contributed by atoms with Crippen LogP contribution in [0.1, 0.15) is 52.4 Å². The van der Waals surface area contributed by atoms with Crippen LogP contribution < -0.4 is 0 Å². The van der Waals surface area contributed by atoms with Gasteiger partial charge in [-0.2, -0.15) is 0 Å². The van der Waals surface area contributed by atoms with Crippen molar-refractivity contribution >= 4 is 10.5 Å². The van der Waals surface area contributed by atoms with Gasteiger partial charge in [-0.1, -0.05) is 26.2 Å². The molecule has 0 spiro atoms. The van der Waals surface area contributed by atoms with Crippen LogP contribution in [0.25, 0.3) is 0 Å². The Kier molecular flexibility index (Phi) is 5.13. The van der Waals surface area contributed by atoms with E-state index in [1.165, 1.54) is 38.5 Å². The maximum Gasteiger partial charge on any atom is 0.149 e. The molecule has 14 heavy (non-hydrogen) atoms. The third-order valence-electron chi connectivity index (χ3n) is 3.62. The third-order valence-corrected chi connectivity index (χ3v) is 4.28. The molecule has 0 amide bonds. The second-order valence-electron chi connectivity index (χ2n) is 4.53. The Hall–Kier alpha value is 0.137. The van der Waals surface area contributed by atoms with Crippen molar-refractivity contribution in [2.45, 2.75) is 58.7 Å². The molecule has 0 N–H and O–H groups in total. The summed E-state index contributed by atoms with van der Waals surface area (Å²) in [5, 5.41) is 0. The van der Waals surface area contributed by atoms with Gasteiger partial charge in [0.15, 0.2) is 0 Å². The Morgan fingerprint density at radius 1 is 1.29 bits per heavy atom. The van der Waals surface area contributed by atoms with Crippen LogP contribution in [0, 0.1) is 5.41 Å². The average molecular weight is 216 g/mol. The van der Waals surface area contributed by atoms with Crippen molar-refractivity contribution in [1.82, 2.24) is 0 Å². The summed E-state index contributed by atoms with van der Waals surface area (Å²) in [4.78, 5) is 0. The van der Waals surface area contributed by atoms with Gasteiger partial charge in [-0.15, -0.1) is 0 Å². The summed E-state index contributed by atoms with van der Waals surface area (Å²) >= 11 is 0. The third kappa shape index (κ3) is 3.37. The summed E-state index contributed by atoms with van der Waals surface area (Å²) in [7, 11) is 0.768. The second-order valence-corrected chi connectivity index (χ2v) is 5.00. The van der Waals surface area contributed by atoms with Crippen molar-refractivity contribution in [1.29, 1.82) is 0 Å². The topological polar surface area (TPSA) is 18.5 Å². The molecule has 0 bridgehead atoms. The van der Waals surface area contributed by atoms with E-state index in [0.29, 0.717) is 5.41 Å². The Morgan fingerprint density at radius 3 is 2.43 bits per heavy atom. The summed E-state index contributed by atoms with van der Waals surface area (Å²) in [6.45, 7) is 5.19. The standard InChI is InChI=1S/C11H24O2Si/c1-3-11(7-5-4-6-8-11)9-12-10(2)13-14/h10H,3-9H2,1-2,14H3. The van der Waals surface area contributed by atoms with Gasteiger partial charge in [0.2, 0.25) is 0 Å². The summed E-state index contributed by atoms with van der Waals surface area (Å²) in [6.07, 6.45) is 8.12. The lowest BCUT2D eigenvalue weighted by Crippen LogP contribution is -2.31. The molecule has 2 nitrogen and oxygen atoms in total. The van der Waals surface area contributed by atoms with E-state index >= 15 is 0 Å². The molecule has 1 aliphatic carbocycles. The van der Waals surface area contributed by atoms with Crippen LogP contribution in [-0.4, -0.2) is 23.4 Å². The smallest absolute Gasteiger partial charge is 0.149 e. The van der Waals surface area contributed by atoms with Crippen LogP contribution in [0.4, 0.5) is 0 Å². The van der Waals surface area contributed by atoms with Crippen LogP contribution in [-0.2, 0) is 9.16 Å². The molecule has 1 aliphatic rings. The highest BCUT2D eigenvalue weighted by atomic mass is 28.2. The number of rotatable bonds is 5. The highest BCUT2D eigenvalue weighted by Crippen LogP contribution is 2.39. The predicted octanol–water partition coefficient (Wildman–Crippen LogP) is 2.01. The van der Waals surface area contributed by atoms with Gasteiger partial charge in [-0.3, -0.25) is 0 Å². The van der Waals surface area contributed by atoms with Gasteiger partial charge in [0.05, 0.1) is 6.61 Å². The first kappa shape index (κ1) is 12.2. The SMILES string of the molecule is CCC1(COC(C)O[SiH3])CCCCC1. The quantitative estimate of drug-likeness (QED) is 0.517. The first-order valence-electron chi connectivity index (χ1n) is 5.87. The summed E-state index contributed by atoms with van der Waals surface area (Å²) in [6, 6.07) is 0. The maximum absolute atomic E-state index is 5.74. The van der Waals surface area contributed by atoms with Gasteiger partial charge < -0.3 is 9.16 Å². The van der Waals surface area contributed by atoms with E-state index in [4.69, 9.17) is 9.16 Å². The Bertz CT molecular complexity index is 155. The van der Waals surface area contributed by atoms with Crippen LogP contribution in [0.15, 0.2) is 0 Å². The molecule has 0 aliphatic heterocycles. The van der Waals surface area contributed by atoms with Crippen molar-refractivity contribution in [3.8, 4) is 0 Å². The lowest BCUT2D eigenvalue weighted by Gasteiger charge is -2.36. The fourth-order valence-electron chi connectivity index (χ4n) is 2.26. The largest absolute Gasteiger partial charge is 0.404 e. The van der Waals surface area contributed by atoms with Crippen LogP contribution in [0.3, 0.4) is 0 Å². The number of hydrogen-bond donors (Lipinski definition) is 0. The molecule has 0 heterocycles. The van der Waals surface area contributed by atoms with E-state index in [0.717, 1.165) is 17.1 Å². The Labute approximate surface area is 90.9 Å². The Balaban J connectivity index is 2.36. The normalized spacial score (nSPS) is 23.6. The maximum atomic E-state index is 5.74. The zero-order valence-corrected chi connectivity index (χ0v) is 11.8. The molecule has 1 rings (SSSR count). The zero-order chi connectivity index (χ0) is 10.4. The number of hydrogen-bond acceptors (Lipinski definition) is 2. The molecular weight excluding hydrogens is 192 g/mol. The molecule has 0 radical (unpaired) electrons. The first-order chi connectivity index (χ1) is 6.72. The molecule has 0 aromatic heterocycles. The van der Waals surface area contributed by atoms with Gasteiger partial charge in [0, 0.05) is 0 Å². The summed E-state index contributed by atoms with van der Waals surface area (Å²) in [5.41, 5.74) is 0.465. The van der Waals surface area contributed by atoms with E-state index in [1.807, 2.05) is 6.92 Å². The second kappa shape index (κ2) is 5.88.